The molecule has 2 unspecified atom stereocenters. The van der Waals surface area contributed by atoms with Crippen LogP contribution in [0.3, 0.4) is 0 Å². The van der Waals surface area contributed by atoms with Crippen LogP contribution in [0, 0.1) is 5.92 Å². The minimum Gasteiger partial charge on any atom is -0.316 e. The van der Waals surface area contributed by atoms with Crippen LogP contribution in [-0.4, -0.2) is 36.7 Å². The third-order valence-electron chi connectivity index (χ3n) is 2.10. The second-order valence-electron chi connectivity index (χ2n) is 3.49. The van der Waals surface area contributed by atoms with Crippen molar-refractivity contribution >= 4 is 18.9 Å². The molecule has 4 heteroatoms. The Balaban J connectivity index is 0.000000226. The molecule has 2 N–H and O–H groups in total. The Morgan fingerprint density at radius 3 is 2.46 bits per heavy atom. The van der Waals surface area contributed by atoms with Gasteiger partial charge in [-0.05, 0) is 32.2 Å². The molecule has 1 saturated heterocycles. The number of carbonyl (C=O) groups is 1. The van der Waals surface area contributed by atoms with Crippen LogP contribution < -0.4 is 5.73 Å². The average molecular weight is 204 g/mol. The topological polar surface area (TPSA) is 46.3 Å². The third kappa shape index (κ3) is 6.07. The molecule has 1 aliphatic rings. The highest BCUT2D eigenvalue weighted by molar-refractivity contribution is 7.80. The minimum absolute atomic E-state index is 0.119. The first-order valence-electron chi connectivity index (χ1n) is 4.63. The van der Waals surface area contributed by atoms with Crippen molar-refractivity contribution in [3.8, 4) is 0 Å². The fourth-order valence-electron chi connectivity index (χ4n) is 0.979. The molecule has 0 aromatic carbocycles. The van der Waals surface area contributed by atoms with Gasteiger partial charge in [0.05, 0.1) is 6.17 Å². The van der Waals surface area contributed by atoms with Crippen molar-refractivity contribution in [2.75, 3.05) is 19.3 Å². The smallest absolute Gasteiger partial charge is 0.123 e. The molecule has 0 aromatic rings. The van der Waals surface area contributed by atoms with Gasteiger partial charge in [-0.1, -0.05) is 6.92 Å². The Morgan fingerprint density at radius 1 is 1.77 bits per heavy atom. The van der Waals surface area contributed by atoms with E-state index in [9.17, 15) is 4.79 Å². The summed E-state index contributed by atoms with van der Waals surface area (Å²) in [5.41, 5.74) is 5.60. The van der Waals surface area contributed by atoms with Crippen molar-refractivity contribution in [1.29, 1.82) is 0 Å². The standard InChI is InChI=1S/C5H12N2.C4H8OS/c1-7-4-2-3-5(7)6;1-4(2-5)3-6/h5H,2-4,6H2,1H3;2,4,6H,3H2,1H3. The average Bonchev–Trinajstić information content (AvgIpc) is 2.51. The minimum atomic E-state index is 0.119. The van der Waals surface area contributed by atoms with Gasteiger partial charge in [0.1, 0.15) is 6.29 Å². The van der Waals surface area contributed by atoms with Gasteiger partial charge in [0.25, 0.3) is 0 Å². The van der Waals surface area contributed by atoms with Crippen molar-refractivity contribution in [2.24, 2.45) is 11.7 Å². The first-order valence-corrected chi connectivity index (χ1v) is 5.27. The highest BCUT2D eigenvalue weighted by Gasteiger charge is 2.14. The summed E-state index contributed by atoms with van der Waals surface area (Å²) in [6, 6.07) is 0. The summed E-state index contributed by atoms with van der Waals surface area (Å²) in [5.74, 6) is 0.775. The SMILES string of the molecule is CC(C=O)CS.CN1CCCC1N. The molecule has 2 atom stereocenters. The number of hydrogen-bond acceptors (Lipinski definition) is 4. The molecule has 0 bridgehead atoms. The number of aldehydes is 1. The van der Waals surface area contributed by atoms with E-state index in [-0.39, 0.29) is 5.92 Å². The van der Waals surface area contributed by atoms with E-state index in [1.165, 1.54) is 19.4 Å². The van der Waals surface area contributed by atoms with Gasteiger partial charge in [-0.3, -0.25) is 4.90 Å². The molecule has 0 saturated carbocycles. The summed E-state index contributed by atoms with van der Waals surface area (Å²) in [6.45, 7) is 3.02. The lowest BCUT2D eigenvalue weighted by Crippen LogP contribution is -2.32. The normalized spacial score (nSPS) is 24.8. The maximum absolute atomic E-state index is 9.69. The Hall–Kier alpha value is -0.0600. The number of carbonyl (C=O) groups excluding carboxylic acids is 1. The number of nitrogens with zero attached hydrogens (tertiary/aromatic N) is 1. The Bertz CT molecular complexity index is 136. The first kappa shape index (κ1) is 12.9. The Labute approximate surface area is 86.1 Å². The lowest BCUT2D eigenvalue weighted by molar-refractivity contribution is -0.110. The molecule has 0 aliphatic carbocycles. The van der Waals surface area contributed by atoms with Crippen molar-refractivity contribution < 1.29 is 4.79 Å². The van der Waals surface area contributed by atoms with Gasteiger partial charge in [-0.15, -0.1) is 0 Å². The van der Waals surface area contributed by atoms with E-state index in [0.29, 0.717) is 11.9 Å². The van der Waals surface area contributed by atoms with E-state index in [0.717, 1.165) is 6.29 Å². The van der Waals surface area contributed by atoms with E-state index in [1.54, 1.807) is 0 Å². The van der Waals surface area contributed by atoms with E-state index in [1.807, 2.05) is 6.92 Å². The summed E-state index contributed by atoms with van der Waals surface area (Å²) >= 11 is 3.86. The van der Waals surface area contributed by atoms with E-state index in [4.69, 9.17) is 5.73 Å². The zero-order chi connectivity index (χ0) is 10.3. The summed E-state index contributed by atoms with van der Waals surface area (Å²) < 4.78 is 0. The van der Waals surface area contributed by atoms with Gasteiger partial charge < -0.3 is 10.5 Å². The van der Waals surface area contributed by atoms with Crippen molar-refractivity contribution in [1.82, 2.24) is 4.90 Å². The maximum atomic E-state index is 9.69. The molecule has 0 radical (unpaired) electrons. The lowest BCUT2D eigenvalue weighted by atomic mass is 10.3. The summed E-state index contributed by atoms with van der Waals surface area (Å²) in [7, 11) is 2.07. The zero-order valence-electron chi connectivity index (χ0n) is 8.44. The molecule has 0 aromatic heterocycles. The van der Waals surface area contributed by atoms with E-state index < -0.39 is 0 Å². The van der Waals surface area contributed by atoms with Gasteiger partial charge in [0, 0.05) is 5.92 Å². The van der Waals surface area contributed by atoms with Gasteiger partial charge >= 0.3 is 0 Å². The fourth-order valence-corrected chi connectivity index (χ4v) is 1.07. The highest BCUT2D eigenvalue weighted by atomic mass is 32.1. The number of hydrogen-bond donors (Lipinski definition) is 2. The molecule has 1 heterocycles. The van der Waals surface area contributed by atoms with Gasteiger partial charge in [0.15, 0.2) is 0 Å². The van der Waals surface area contributed by atoms with Gasteiger partial charge in [0.2, 0.25) is 0 Å². The Kier molecular flexibility index (Phi) is 7.32. The second kappa shape index (κ2) is 7.35. The number of thiol groups is 1. The monoisotopic (exact) mass is 204 g/mol. The van der Waals surface area contributed by atoms with Crippen LogP contribution in [0.2, 0.25) is 0 Å². The Morgan fingerprint density at radius 2 is 2.38 bits per heavy atom. The molecule has 1 rings (SSSR count). The summed E-state index contributed by atoms with van der Waals surface area (Å²) in [6.07, 6.45) is 3.70. The molecule has 3 nitrogen and oxygen atoms in total. The number of nitrogens with two attached hydrogens (primary N) is 1. The highest BCUT2D eigenvalue weighted by Crippen LogP contribution is 2.08. The van der Waals surface area contributed by atoms with Crippen LogP contribution in [0.4, 0.5) is 0 Å². The predicted molar refractivity (Wildman–Crippen MR) is 58.9 cm³/mol. The van der Waals surface area contributed by atoms with Crippen molar-refractivity contribution in [2.45, 2.75) is 25.9 Å². The molecular weight excluding hydrogens is 184 g/mol. The van der Waals surface area contributed by atoms with Crippen LogP contribution in [0.15, 0.2) is 0 Å². The molecule has 1 fully saturated rings. The van der Waals surface area contributed by atoms with Gasteiger partial charge in [-0.25, -0.2) is 0 Å². The van der Waals surface area contributed by atoms with Crippen LogP contribution in [-0.2, 0) is 4.79 Å². The molecule has 13 heavy (non-hydrogen) atoms. The fraction of sp³-hybridized carbons (Fsp3) is 0.889. The largest absolute Gasteiger partial charge is 0.316 e. The van der Waals surface area contributed by atoms with Crippen molar-refractivity contribution in [3.63, 3.8) is 0 Å². The molecule has 0 amide bonds. The lowest BCUT2D eigenvalue weighted by Gasteiger charge is -2.12. The van der Waals surface area contributed by atoms with Crippen molar-refractivity contribution in [3.05, 3.63) is 0 Å². The number of likely N-dealkylation sites (tertiary alicyclic amines) is 1. The quantitative estimate of drug-likeness (QED) is 0.515. The molecular formula is C9H20N2OS. The summed E-state index contributed by atoms with van der Waals surface area (Å²) in [4.78, 5) is 11.9. The van der Waals surface area contributed by atoms with Crippen LogP contribution in [0.25, 0.3) is 0 Å². The van der Waals surface area contributed by atoms with Crippen LogP contribution in [0.1, 0.15) is 19.8 Å². The maximum Gasteiger partial charge on any atom is 0.123 e. The van der Waals surface area contributed by atoms with E-state index in [2.05, 4.69) is 24.6 Å². The summed E-state index contributed by atoms with van der Waals surface area (Å²) in [5, 5.41) is 0. The van der Waals surface area contributed by atoms with Crippen LogP contribution in [0.5, 0.6) is 0 Å². The first-order chi connectivity index (χ1) is 6.11. The zero-order valence-corrected chi connectivity index (χ0v) is 9.33. The molecule has 78 valence electrons. The molecule has 1 aliphatic heterocycles. The third-order valence-corrected chi connectivity index (χ3v) is 2.67. The van der Waals surface area contributed by atoms with Crippen LogP contribution >= 0.6 is 12.6 Å². The number of rotatable bonds is 2. The molecule has 0 spiro atoms. The second-order valence-corrected chi connectivity index (χ2v) is 3.85. The van der Waals surface area contributed by atoms with Gasteiger partial charge in [-0.2, -0.15) is 12.6 Å². The van der Waals surface area contributed by atoms with E-state index >= 15 is 0 Å². The predicted octanol–water partition coefficient (Wildman–Crippen LogP) is 0.748.